The summed E-state index contributed by atoms with van der Waals surface area (Å²) in [6.45, 7) is 1.52. The van der Waals surface area contributed by atoms with E-state index >= 15 is 0 Å². The van der Waals surface area contributed by atoms with Gasteiger partial charge < -0.3 is 9.30 Å². The molecule has 0 radical (unpaired) electrons. The molecular weight excluding hydrogens is 364 g/mol. The highest BCUT2D eigenvalue weighted by molar-refractivity contribution is 7.99. The lowest BCUT2D eigenvalue weighted by molar-refractivity contribution is -0.385. The van der Waals surface area contributed by atoms with E-state index in [0.717, 1.165) is 42.4 Å². The highest BCUT2D eigenvalue weighted by atomic mass is 32.2. The Kier molecular flexibility index (Phi) is 5.17. The van der Waals surface area contributed by atoms with Crippen LogP contribution in [0.25, 0.3) is 11.3 Å². The highest BCUT2D eigenvalue weighted by Crippen LogP contribution is 2.31. The quantitative estimate of drug-likeness (QED) is 0.470. The van der Waals surface area contributed by atoms with Crippen molar-refractivity contribution >= 4 is 17.4 Å². The van der Waals surface area contributed by atoms with Gasteiger partial charge in [0.2, 0.25) is 0 Å². The number of nitro groups is 1. The molecule has 1 aliphatic rings. The lowest BCUT2D eigenvalue weighted by atomic mass is 10.1. The van der Waals surface area contributed by atoms with Gasteiger partial charge >= 0.3 is 0 Å². The van der Waals surface area contributed by atoms with Crippen molar-refractivity contribution in [1.29, 1.82) is 0 Å². The molecule has 8 heteroatoms. The van der Waals surface area contributed by atoms with Crippen molar-refractivity contribution in [1.82, 2.24) is 14.5 Å². The van der Waals surface area contributed by atoms with Crippen LogP contribution in [0.5, 0.6) is 0 Å². The molecular formula is C19H18N4O3S. The van der Waals surface area contributed by atoms with Gasteiger partial charge in [0.15, 0.2) is 5.16 Å². The van der Waals surface area contributed by atoms with Crippen molar-refractivity contribution in [2.24, 2.45) is 0 Å². The number of rotatable bonds is 6. The van der Waals surface area contributed by atoms with Crippen molar-refractivity contribution in [3.63, 3.8) is 0 Å². The summed E-state index contributed by atoms with van der Waals surface area (Å²) in [5, 5.41) is 12.3. The molecule has 0 spiro atoms. The molecule has 3 heterocycles. The van der Waals surface area contributed by atoms with E-state index < -0.39 is 4.92 Å². The van der Waals surface area contributed by atoms with Gasteiger partial charge in [-0.05, 0) is 36.2 Å². The Labute approximate surface area is 160 Å². The first-order valence-electron chi connectivity index (χ1n) is 8.71. The Morgan fingerprint density at radius 3 is 2.70 bits per heavy atom. The highest BCUT2D eigenvalue weighted by Gasteiger charge is 2.21. The molecule has 3 aromatic rings. The molecule has 0 aliphatic carbocycles. The van der Waals surface area contributed by atoms with Crippen molar-refractivity contribution in [3.8, 4) is 11.3 Å². The molecule has 1 atom stereocenters. The number of aromatic nitrogens is 3. The van der Waals surface area contributed by atoms with Gasteiger partial charge in [-0.3, -0.25) is 10.1 Å². The predicted molar refractivity (Wildman–Crippen MR) is 102 cm³/mol. The second-order valence-electron chi connectivity index (χ2n) is 6.25. The predicted octanol–water partition coefficient (Wildman–Crippen LogP) is 4.18. The molecule has 0 bridgehead atoms. The second-order valence-corrected chi connectivity index (χ2v) is 7.24. The van der Waals surface area contributed by atoms with Crippen LogP contribution >= 0.6 is 11.8 Å². The molecule has 1 fully saturated rings. The molecule has 1 aromatic carbocycles. The Hall–Kier alpha value is -2.71. The van der Waals surface area contributed by atoms with Gasteiger partial charge in [0.1, 0.15) is 11.2 Å². The number of pyridine rings is 1. The normalized spacial score (nSPS) is 16.5. The minimum atomic E-state index is -0.451. The van der Waals surface area contributed by atoms with Gasteiger partial charge in [0, 0.05) is 12.7 Å². The van der Waals surface area contributed by atoms with E-state index in [2.05, 4.69) is 26.7 Å². The molecule has 7 nitrogen and oxygen atoms in total. The molecule has 0 N–H and O–H groups in total. The van der Waals surface area contributed by atoms with Crippen molar-refractivity contribution in [2.75, 3.05) is 6.61 Å². The van der Waals surface area contributed by atoms with E-state index in [0.29, 0.717) is 5.03 Å². The van der Waals surface area contributed by atoms with Gasteiger partial charge in [0.05, 0.1) is 29.5 Å². The van der Waals surface area contributed by atoms with Gasteiger partial charge in [-0.15, -0.1) is 0 Å². The number of benzene rings is 1. The zero-order valence-corrected chi connectivity index (χ0v) is 15.3. The fraction of sp³-hybridized carbons (Fsp3) is 0.263. The third kappa shape index (κ3) is 4.01. The molecule has 2 aromatic heterocycles. The Morgan fingerprint density at radius 2 is 2.04 bits per heavy atom. The minimum Gasteiger partial charge on any atom is -0.376 e. The van der Waals surface area contributed by atoms with Gasteiger partial charge in [0.25, 0.3) is 5.69 Å². The molecule has 1 saturated heterocycles. The zero-order valence-electron chi connectivity index (χ0n) is 14.5. The van der Waals surface area contributed by atoms with E-state index in [4.69, 9.17) is 4.74 Å². The summed E-state index contributed by atoms with van der Waals surface area (Å²) in [4.78, 5) is 19.1. The van der Waals surface area contributed by atoms with Gasteiger partial charge in [-0.25, -0.2) is 9.97 Å². The maximum Gasteiger partial charge on any atom is 0.287 e. The van der Waals surface area contributed by atoms with Crippen LogP contribution in [0.15, 0.2) is 65.0 Å². The number of hydrogen-bond donors (Lipinski definition) is 0. The monoisotopic (exact) mass is 382 g/mol. The van der Waals surface area contributed by atoms with Crippen LogP contribution in [-0.2, 0) is 11.3 Å². The molecule has 0 unspecified atom stereocenters. The van der Waals surface area contributed by atoms with Crippen LogP contribution in [0.1, 0.15) is 12.8 Å². The standard InChI is InChI=1S/C19H18N4O3S/c24-23(25)15-8-9-18(20-11-15)27-19-21-12-17(14-5-2-1-3-6-14)22(19)13-16-7-4-10-26-16/h1-3,5-6,8-9,11-12,16H,4,7,10,13H2/t16-/m1/s1. The summed E-state index contributed by atoms with van der Waals surface area (Å²) in [5.74, 6) is 0. The number of imidazole rings is 1. The third-order valence-electron chi connectivity index (χ3n) is 4.43. The lowest BCUT2D eigenvalue weighted by Gasteiger charge is -2.16. The maximum absolute atomic E-state index is 10.8. The molecule has 0 amide bonds. The summed E-state index contributed by atoms with van der Waals surface area (Å²) < 4.78 is 7.97. The average Bonchev–Trinajstić information content (AvgIpc) is 3.34. The smallest absolute Gasteiger partial charge is 0.287 e. The Bertz CT molecular complexity index is 922. The first-order chi connectivity index (χ1) is 13.2. The number of hydrogen-bond acceptors (Lipinski definition) is 6. The van der Waals surface area contributed by atoms with Crippen LogP contribution in [0.4, 0.5) is 5.69 Å². The summed E-state index contributed by atoms with van der Waals surface area (Å²) >= 11 is 1.40. The number of ether oxygens (including phenoxy) is 1. The summed E-state index contributed by atoms with van der Waals surface area (Å²) in [6, 6.07) is 13.2. The van der Waals surface area contributed by atoms with Crippen LogP contribution in [0.3, 0.4) is 0 Å². The van der Waals surface area contributed by atoms with Crippen molar-refractivity contribution in [3.05, 3.63) is 65.0 Å². The average molecular weight is 382 g/mol. The van der Waals surface area contributed by atoms with E-state index in [1.807, 2.05) is 24.4 Å². The topological polar surface area (TPSA) is 83.1 Å². The Morgan fingerprint density at radius 1 is 1.19 bits per heavy atom. The van der Waals surface area contributed by atoms with Crippen LogP contribution in [0, 0.1) is 10.1 Å². The molecule has 138 valence electrons. The van der Waals surface area contributed by atoms with Crippen molar-refractivity contribution < 1.29 is 9.66 Å². The molecule has 0 saturated carbocycles. The summed E-state index contributed by atoms with van der Waals surface area (Å²) in [6.07, 6.45) is 5.41. The molecule has 4 rings (SSSR count). The first-order valence-corrected chi connectivity index (χ1v) is 9.53. The number of nitrogens with zero attached hydrogens (tertiary/aromatic N) is 4. The first kappa shape index (κ1) is 17.7. The maximum atomic E-state index is 10.8. The summed E-state index contributed by atoms with van der Waals surface area (Å²) in [5.41, 5.74) is 2.09. The van der Waals surface area contributed by atoms with E-state index in [1.165, 1.54) is 24.0 Å². The van der Waals surface area contributed by atoms with E-state index in [1.54, 1.807) is 6.07 Å². The van der Waals surface area contributed by atoms with Crippen molar-refractivity contribution in [2.45, 2.75) is 35.7 Å². The zero-order chi connectivity index (χ0) is 18.6. The second kappa shape index (κ2) is 7.89. The van der Waals surface area contributed by atoms with Gasteiger partial charge in [-0.2, -0.15) is 0 Å². The lowest BCUT2D eigenvalue weighted by Crippen LogP contribution is -2.16. The fourth-order valence-electron chi connectivity index (χ4n) is 3.08. The van der Waals surface area contributed by atoms with E-state index in [9.17, 15) is 10.1 Å². The fourth-order valence-corrected chi connectivity index (χ4v) is 3.90. The van der Waals surface area contributed by atoms with E-state index in [-0.39, 0.29) is 11.8 Å². The van der Waals surface area contributed by atoms with Crippen LogP contribution in [0.2, 0.25) is 0 Å². The molecule has 1 aliphatic heterocycles. The summed E-state index contributed by atoms with van der Waals surface area (Å²) in [7, 11) is 0. The third-order valence-corrected chi connectivity index (χ3v) is 5.39. The minimum absolute atomic E-state index is 0.0213. The van der Waals surface area contributed by atoms with Crippen LogP contribution in [-0.4, -0.2) is 32.2 Å². The SMILES string of the molecule is O=[N+]([O-])c1ccc(Sc2ncc(-c3ccccc3)n2C[C@H]2CCCO2)nc1. The van der Waals surface area contributed by atoms with Crippen LogP contribution < -0.4 is 0 Å². The largest absolute Gasteiger partial charge is 0.376 e. The van der Waals surface area contributed by atoms with Gasteiger partial charge in [-0.1, -0.05) is 30.3 Å². The Balaban J connectivity index is 1.64. The molecule has 27 heavy (non-hydrogen) atoms.